The first-order chi connectivity index (χ1) is 12.6. The number of nitrogens with two attached hydrogens (primary N) is 1. The summed E-state index contributed by atoms with van der Waals surface area (Å²) in [6.45, 7) is -0.0180. The van der Waals surface area contributed by atoms with E-state index in [1.807, 2.05) is 0 Å². The highest BCUT2D eigenvalue weighted by molar-refractivity contribution is 8.00. The number of thioether (sulfide) groups is 1. The lowest BCUT2D eigenvalue weighted by Gasteiger charge is -2.22. The van der Waals surface area contributed by atoms with Crippen molar-refractivity contribution in [3.8, 4) is 0 Å². The predicted octanol–water partition coefficient (Wildman–Crippen LogP) is 1.83. The Morgan fingerprint density at radius 1 is 0.962 bits per heavy atom. The van der Waals surface area contributed by atoms with Crippen LogP contribution in [0.5, 0.6) is 0 Å². The van der Waals surface area contributed by atoms with E-state index in [9.17, 15) is 14.7 Å². The smallest absolute Gasteiger partial charge is 0.338 e. The van der Waals surface area contributed by atoms with Crippen molar-refractivity contribution in [2.24, 2.45) is 5.73 Å². The van der Waals surface area contributed by atoms with Gasteiger partial charge in [0.25, 0.3) is 0 Å². The van der Waals surface area contributed by atoms with Crippen molar-refractivity contribution in [3.05, 3.63) is 71.8 Å². The first-order valence-electron chi connectivity index (χ1n) is 8.13. The van der Waals surface area contributed by atoms with E-state index in [4.69, 9.17) is 15.2 Å². The number of aliphatic hydroxyl groups is 1. The highest BCUT2D eigenvalue weighted by Gasteiger charge is 2.44. The summed E-state index contributed by atoms with van der Waals surface area (Å²) in [4.78, 5) is 24.4. The number of benzene rings is 2. The minimum atomic E-state index is -0.899. The summed E-state index contributed by atoms with van der Waals surface area (Å²) in [6, 6.07) is 16.4. The fraction of sp³-hybridized carbons (Fsp3) is 0.263. The summed E-state index contributed by atoms with van der Waals surface area (Å²) in [5.74, 6) is -1.01. The molecule has 0 radical (unpaired) electrons. The van der Waals surface area contributed by atoms with Crippen LogP contribution in [0.4, 0.5) is 0 Å². The van der Waals surface area contributed by atoms with Gasteiger partial charge in [-0.3, -0.25) is 0 Å². The van der Waals surface area contributed by atoms with Crippen molar-refractivity contribution in [1.82, 2.24) is 0 Å². The van der Waals surface area contributed by atoms with E-state index in [1.54, 1.807) is 60.7 Å². The van der Waals surface area contributed by atoms with E-state index >= 15 is 0 Å². The second-order valence-electron chi connectivity index (χ2n) is 5.84. The Labute approximate surface area is 155 Å². The van der Waals surface area contributed by atoms with Gasteiger partial charge < -0.3 is 20.3 Å². The van der Waals surface area contributed by atoms with Gasteiger partial charge in [-0.05, 0) is 24.3 Å². The average molecular weight is 373 g/mol. The minimum absolute atomic E-state index is 0.0180. The molecule has 0 saturated carbocycles. The molecule has 6 nitrogen and oxygen atoms in total. The third-order valence-corrected chi connectivity index (χ3v) is 5.38. The lowest BCUT2D eigenvalue weighted by atomic mass is 10.1. The fourth-order valence-corrected chi connectivity index (χ4v) is 3.86. The highest BCUT2D eigenvalue weighted by atomic mass is 32.2. The molecule has 1 aliphatic heterocycles. The average Bonchev–Trinajstić information content (AvgIpc) is 2.95. The van der Waals surface area contributed by atoms with E-state index in [0.29, 0.717) is 11.1 Å². The molecule has 0 aromatic heterocycles. The third kappa shape index (κ3) is 4.24. The lowest BCUT2D eigenvalue weighted by Crippen LogP contribution is -2.44. The standard InChI is InChI=1S/C19H19NO5S/c20-15-16(25-18(22)13-9-5-2-6-10-13)14(26-19(15)23)11-24-17(21)12-7-3-1-4-8-12/h1-10,14-16,19,23H,11,20H2. The summed E-state index contributed by atoms with van der Waals surface area (Å²) >= 11 is 1.13. The van der Waals surface area contributed by atoms with Crippen LogP contribution in [0.2, 0.25) is 0 Å². The van der Waals surface area contributed by atoms with Crippen molar-refractivity contribution < 1.29 is 24.2 Å². The zero-order valence-corrected chi connectivity index (χ0v) is 14.7. The van der Waals surface area contributed by atoms with Crippen molar-refractivity contribution in [2.75, 3.05) is 6.61 Å². The molecule has 0 aliphatic carbocycles. The molecule has 0 amide bonds. The molecular weight excluding hydrogens is 354 g/mol. The van der Waals surface area contributed by atoms with Crippen LogP contribution in [0.1, 0.15) is 20.7 Å². The first kappa shape index (κ1) is 18.4. The van der Waals surface area contributed by atoms with Crippen molar-refractivity contribution in [1.29, 1.82) is 0 Å². The Balaban J connectivity index is 1.63. The third-order valence-electron chi connectivity index (χ3n) is 4.03. The molecule has 136 valence electrons. The monoisotopic (exact) mass is 373 g/mol. The van der Waals surface area contributed by atoms with Gasteiger partial charge in [-0.2, -0.15) is 0 Å². The highest BCUT2D eigenvalue weighted by Crippen LogP contribution is 2.34. The SMILES string of the molecule is NC1C(O)SC(COC(=O)c2ccccc2)C1OC(=O)c1ccccc1. The van der Waals surface area contributed by atoms with Crippen molar-refractivity contribution >= 4 is 23.7 Å². The number of esters is 2. The number of ether oxygens (including phenoxy) is 2. The molecule has 3 rings (SSSR count). The van der Waals surface area contributed by atoms with Gasteiger partial charge in [0.1, 0.15) is 18.1 Å². The van der Waals surface area contributed by atoms with Gasteiger partial charge in [-0.25, -0.2) is 9.59 Å². The first-order valence-corrected chi connectivity index (χ1v) is 9.08. The van der Waals surface area contributed by atoms with E-state index in [-0.39, 0.29) is 6.61 Å². The second-order valence-corrected chi connectivity index (χ2v) is 7.20. The maximum atomic E-state index is 12.3. The summed E-state index contributed by atoms with van der Waals surface area (Å²) in [5, 5.41) is 9.57. The van der Waals surface area contributed by atoms with Gasteiger partial charge in [0.2, 0.25) is 0 Å². The summed E-state index contributed by atoms with van der Waals surface area (Å²) < 4.78 is 10.8. The number of carbonyl (C=O) groups is 2. The van der Waals surface area contributed by atoms with Crippen molar-refractivity contribution in [2.45, 2.75) is 22.8 Å². The van der Waals surface area contributed by atoms with Crippen LogP contribution in [-0.2, 0) is 9.47 Å². The Hall–Kier alpha value is -2.35. The molecule has 3 N–H and O–H groups in total. The molecule has 0 spiro atoms. The zero-order chi connectivity index (χ0) is 18.5. The van der Waals surface area contributed by atoms with Gasteiger partial charge in [-0.1, -0.05) is 36.4 Å². The number of aliphatic hydroxyl groups excluding tert-OH is 1. The number of hydrogen-bond donors (Lipinski definition) is 2. The topological polar surface area (TPSA) is 98.9 Å². The Morgan fingerprint density at radius 2 is 1.50 bits per heavy atom. The molecule has 1 aliphatic rings. The quantitative estimate of drug-likeness (QED) is 0.772. The van der Waals surface area contributed by atoms with Gasteiger partial charge in [0, 0.05) is 0 Å². The van der Waals surface area contributed by atoms with Crippen LogP contribution in [0, 0.1) is 0 Å². The molecular formula is C19H19NO5S. The Kier molecular flexibility index (Phi) is 5.92. The molecule has 1 saturated heterocycles. The Bertz CT molecular complexity index is 755. The maximum Gasteiger partial charge on any atom is 0.338 e. The van der Waals surface area contributed by atoms with E-state index in [2.05, 4.69) is 0 Å². The summed E-state index contributed by atoms with van der Waals surface area (Å²) in [7, 11) is 0. The molecule has 4 unspecified atom stereocenters. The van der Waals surface area contributed by atoms with Gasteiger partial charge >= 0.3 is 11.9 Å². The largest absolute Gasteiger partial charge is 0.461 e. The molecule has 2 aromatic rings. The number of rotatable bonds is 5. The molecule has 7 heteroatoms. The van der Waals surface area contributed by atoms with Crippen molar-refractivity contribution in [3.63, 3.8) is 0 Å². The summed E-state index contributed by atoms with van der Waals surface area (Å²) in [5.41, 5.74) is 5.89. The Morgan fingerprint density at radius 3 is 2.08 bits per heavy atom. The molecule has 2 aromatic carbocycles. The number of carbonyl (C=O) groups excluding carboxylic acids is 2. The van der Waals surface area contributed by atoms with Gasteiger partial charge in [-0.15, -0.1) is 11.8 Å². The summed E-state index contributed by atoms with van der Waals surface area (Å²) in [6.07, 6.45) is -0.758. The van der Waals surface area contributed by atoms with Crippen LogP contribution < -0.4 is 5.73 Å². The van der Waals surface area contributed by atoms with E-state index in [1.165, 1.54) is 0 Å². The lowest BCUT2D eigenvalue weighted by molar-refractivity contribution is 0.0121. The van der Waals surface area contributed by atoms with Crippen LogP contribution in [0.15, 0.2) is 60.7 Å². The second kappa shape index (κ2) is 8.35. The normalized spacial score (nSPS) is 24.8. The maximum absolute atomic E-state index is 12.3. The fourth-order valence-electron chi connectivity index (χ4n) is 2.63. The predicted molar refractivity (Wildman–Crippen MR) is 97.7 cm³/mol. The number of hydrogen-bond acceptors (Lipinski definition) is 7. The van der Waals surface area contributed by atoms with Crippen LogP contribution in [-0.4, -0.2) is 46.5 Å². The van der Waals surface area contributed by atoms with Crippen LogP contribution >= 0.6 is 11.8 Å². The molecule has 1 heterocycles. The van der Waals surface area contributed by atoms with Gasteiger partial charge in [0.15, 0.2) is 0 Å². The van der Waals surface area contributed by atoms with Gasteiger partial charge in [0.05, 0.1) is 22.4 Å². The molecule has 26 heavy (non-hydrogen) atoms. The zero-order valence-electron chi connectivity index (χ0n) is 13.9. The molecule has 1 fully saturated rings. The van der Waals surface area contributed by atoms with E-state index < -0.39 is 34.8 Å². The molecule has 4 atom stereocenters. The van der Waals surface area contributed by atoms with Crippen LogP contribution in [0.3, 0.4) is 0 Å². The minimum Gasteiger partial charge on any atom is -0.461 e. The van der Waals surface area contributed by atoms with Crippen LogP contribution in [0.25, 0.3) is 0 Å². The molecule has 0 bridgehead atoms. The van der Waals surface area contributed by atoms with E-state index in [0.717, 1.165) is 11.8 Å².